The Kier molecular flexibility index (Phi) is 6.64. The number of ether oxygens (including phenoxy) is 1. The van der Waals surface area contributed by atoms with E-state index in [1.807, 2.05) is 24.5 Å². The zero-order valence-electron chi connectivity index (χ0n) is 13.1. The number of esters is 1. The molecule has 0 amide bonds. The number of piperidine rings is 1. The van der Waals surface area contributed by atoms with Crippen LogP contribution in [0, 0.1) is 6.92 Å². The number of likely N-dealkylation sites (tertiary alicyclic amines) is 1. The summed E-state index contributed by atoms with van der Waals surface area (Å²) in [6, 6.07) is 0. The number of aromatic nitrogens is 1. The third-order valence-corrected chi connectivity index (χ3v) is 4.98. The highest BCUT2D eigenvalue weighted by atomic mass is 32.1. The van der Waals surface area contributed by atoms with E-state index in [1.165, 1.54) is 29.3 Å². The molecule has 5 heteroatoms. The number of unbranched alkanes of at least 4 members (excludes halogenated alkanes) is 1. The van der Waals surface area contributed by atoms with Crippen molar-refractivity contribution in [3.05, 3.63) is 16.1 Å². The SMILES string of the molecule is CCOC(=O)CCCCN1CCC[C@@H](c2ncc(C)s2)C1. The summed E-state index contributed by atoms with van der Waals surface area (Å²) in [4.78, 5) is 19.7. The largest absolute Gasteiger partial charge is 0.466 e. The molecule has 1 fully saturated rings. The Morgan fingerprint density at radius 2 is 2.38 bits per heavy atom. The summed E-state index contributed by atoms with van der Waals surface area (Å²) in [5.41, 5.74) is 0. The maximum Gasteiger partial charge on any atom is 0.305 e. The maximum atomic E-state index is 11.3. The highest BCUT2D eigenvalue weighted by molar-refractivity contribution is 7.11. The van der Waals surface area contributed by atoms with Crippen molar-refractivity contribution in [2.45, 2.75) is 51.9 Å². The van der Waals surface area contributed by atoms with E-state index in [1.54, 1.807) is 0 Å². The first-order valence-electron chi connectivity index (χ1n) is 7.99. The van der Waals surface area contributed by atoms with Crippen LogP contribution in [-0.2, 0) is 9.53 Å². The normalized spacial score (nSPS) is 19.6. The predicted octanol–water partition coefficient (Wildman–Crippen LogP) is 3.36. The summed E-state index contributed by atoms with van der Waals surface area (Å²) in [5, 5.41) is 1.30. The van der Waals surface area contributed by atoms with E-state index in [0.717, 1.165) is 25.9 Å². The maximum absolute atomic E-state index is 11.3. The van der Waals surface area contributed by atoms with Gasteiger partial charge in [-0.2, -0.15) is 0 Å². The molecule has 1 aliphatic heterocycles. The number of carbonyl (C=O) groups is 1. The standard InChI is InChI=1S/C16H26N2O2S/c1-3-20-15(19)8-4-5-9-18-10-6-7-14(12-18)16-17-11-13(2)21-16/h11,14H,3-10,12H2,1-2H3/t14-/m1/s1. The van der Waals surface area contributed by atoms with E-state index in [9.17, 15) is 4.79 Å². The Bertz CT molecular complexity index is 447. The number of nitrogens with zero attached hydrogens (tertiary/aromatic N) is 2. The van der Waals surface area contributed by atoms with Gasteiger partial charge in [-0.1, -0.05) is 0 Å². The molecule has 1 aromatic heterocycles. The van der Waals surface area contributed by atoms with Gasteiger partial charge in [0.2, 0.25) is 0 Å². The lowest BCUT2D eigenvalue weighted by molar-refractivity contribution is -0.143. The predicted molar refractivity (Wildman–Crippen MR) is 85.8 cm³/mol. The summed E-state index contributed by atoms with van der Waals surface area (Å²) < 4.78 is 4.95. The monoisotopic (exact) mass is 310 g/mol. The first-order chi connectivity index (χ1) is 10.2. The fourth-order valence-electron chi connectivity index (χ4n) is 2.86. The highest BCUT2D eigenvalue weighted by Gasteiger charge is 2.23. The van der Waals surface area contributed by atoms with Gasteiger partial charge in [0.15, 0.2) is 0 Å². The lowest BCUT2D eigenvalue weighted by Gasteiger charge is -2.31. The molecule has 0 unspecified atom stereocenters. The van der Waals surface area contributed by atoms with E-state index in [4.69, 9.17) is 4.74 Å². The van der Waals surface area contributed by atoms with E-state index in [-0.39, 0.29) is 5.97 Å². The molecular formula is C16H26N2O2S. The zero-order chi connectivity index (χ0) is 15.1. The smallest absolute Gasteiger partial charge is 0.305 e. The number of carbonyl (C=O) groups excluding carboxylic acids is 1. The van der Waals surface area contributed by atoms with Gasteiger partial charge in [-0.05, 0) is 52.6 Å². The van der Waals surface area contributed by atoms with Crippen molar-refractivity contribution in [2.75, 3.05) is 26.2 Å². The molecule has 0 aliphatic carbocycles. The van der Waals surface area contributed by atoms with Crippen LogP contribution in [0.25, 0.3) is 0 Å². The third kappa shape index (κ3) is 5.40. The van der Waals surface area contributed by atoms with E-state index < -0.39 is 0 Å². The van der Waals surface area contributed by atoms with Crippen molar-refractivity contribution in [2.24, 2.45) is 0 Å². The van der Waals surface area contributed by atoms with Crippen LogP contribution < -0.4 is 0 Å². The van der Waals surface area contributed by atoms with Crippen molar-refractivity contribution in [3.63, 3.8) is 0 Å². The van der Waals surface area contributed by atoms with Gasteiger partial charge in [0.25, 0.3) is 0 Å². The number of thiazole rings is 1. The second-order valence-electron chi connectivity index (χ2n) is 5.71. The minimum Gasteiger partial charge on any atom is -0.466 e. The lowest BCUT2D eigenvalue weighted by Crippen LogP contribution is -2.35. The van der Waals surface area contributed by atoms with Gasteiger partial charge in [0.1, 0.15) is 0 Å². The summed E-state index contributed by atoms with van der Waals surface area (Å²) in [7, 11) is 0. The summed E-state index contributed by atoms with van der Waals surface area (Å²) in [6.07, 6.45) is 7.04. The summed E-state index contributed by atoms with van der Waals surface area (Å²) in [6.45, 7) is 7.84. The molecular weight excluding hydrogens is 284 g/mol. The fourth-order valence-corrected chi connectivity index (χ4v) is 3.76. The van der Waals surface area contributed by atoms with Gasteiger partial charge < -0.3 is 9.64 Å². The van der Waals surface area contributed by atoms with Crippen molar-refractivity contribution < 1.29 is 9.53 Å². The van der Waals surface area contributed by atoms with Crippen molar-refractivity contribution in [1.29, 1.82) is 0 Å². The zero-order valence-corrected chi connectivity index (χ0v) is 14.0. The molecule has 0 radical (unpaired) electrons. The average molecular weight is 310 g/mol. The topological polar surface area (TPSA) is 42.4 Å². The molecule has 1 atom stereocenters. The molecule has 0 bridgehead atoms. The minimum absolute atomic E-state index is 0.0627. The molecule has 2 heterocycles. The van der Waals surface area contributed by atoms with Gasteiger partial charge in [0, 0.05) is 30.0 Å². The van der Waals surface area contributed by atoms with Crippen LogP contribution in [0.5, 0.6) is 0 Å². The van der Waals surface area contributed by atoms with E-state index >= 15 is 0 Å². The third-order valence-electron chi connectivity index (χ3n) is 3.90. The fraction of sp³-hybridized carbons (Fsp3) is 0.750. The molecule has 118 valence electrons. The van der Waals surface area contributed by atoms with Gasteiger partial charge in [-0.25, -0.2) is 4.98 Å². The first kappa shape index (κ1) is 16.4. The molecule has 0 N–H and O–H groups in total. The van der Waals surface area contributed by atoms with Crippen molar-refractivity contribution in [1.82, 2.24) is 9.88 Å². The number of rotatable bonds is 7. The van der Waals surface area contributed by atoms with Gasteiger partial charge in [-0.15, -0.1) is 11.3 Å². The first-order valence-corrected chi connectivity index (χ1v) is 8.81. The van der Waals surface area contributed by atoms with Gasteiger partial charge in [0.05, 0.1) is 11.6 Å². The second kappa shape index (κ2) is 8.49. The molecule has 0 saturated carbocycles. The molecule has 1 aliphatic rings. The van der Waals surface area contributed by atoms with Crippen LogP contribution in [0.3, 0.4) is 0 Å². The van der Waals surface area contributed by atoms with Crippen LogP contribution in [0.4, 0.5) is 0 Å². The molecule has 1 saturated heterocycles. The van der Waals surface area contributed by atoms with Crippen LogP contribution in [0.15, 0.2) is 6.20 Å². The van der Waals surface area contributed by atoms with E-state index in [2.05, 4.69) is 16.8 Å². The molecule has 0 spiro atoms. The Labute approximate surface area is 131 Å². The Morgan fingerprint density at radius 1 is 1.52 bits per heavy atom. The van der Waals surface area contributed by atoms with Gasteiger partial charge in [-0.3, -0.25) is 4.79 Å². The Morgan fingerprint density at radius 3 is 3.10 bits per heavy atom. The second-order valence-corrected chi connectivity index (χ2v) is 6.98. The van der Waals surface area contributed by atoms with Gasteiger partial charge >= 0.3 is 5.97 Å². The van der Waals surface area contributed by atoms with Crippen molar-refractivity contribution in [3.8, 4) is 0 Å². The molecule has 0 aromatic carbocycles. The summed E-state index contributed by atoms with van der Waals surface area (Å²) >= 11 is 1.84. The number of hydrogen-bond acceptors (Lipinski definition) is 5. The molecule has 21 heavy (non-hydrogen) atoms. The van der Waals surface area contributed by atoms with Crippen molar-refractivity contribution >= 4 is 17.3 Å². The molecule has 2 rings (SSSR count). The van der Waals surface area contributed by atoms with Crippen LogP contribution in [0.1, 0.15) is 54.8 Å². The minimum atomic E-state index is -0.0627. The van der Waals surface area contributed by atoms with Crippen LogP contribution in [0.2, 0.25) is 0 Å². The van der Waals surface area contributed by atoms with Crippen LogP contribution >= 0.6 is 11.3 Å². The number of hydrogen-bond donors (Lipinski definition) is 0. The Hall–Kier alpha value is -0.940. The lowest BCUT2D eigenvalue weighted by atomic mass is 9.98. The molecule has 1 aromatic rings. The Balaban J connectivity index is 1.68. The average Bonchev–Trinajstić information content (AvgIpc) is 2.91. The highest BCUT2D eigenvalue weighted by Crippen LogP contribution is 2.29. The number of aryl methyl sites for hydroxylation is 1. The van der Waals surface area contributed by atoms with E-state index in [0.29, 0.717) is 18.9 Å². The summed E-state index contributed by atoms with van der Waals surface area (Å²) in [5.74, 6) is 0.537. The van der Waals surface area contributed by atoms with Crippen LogP contribution in [-0.4, -0.2) is 42.1 Å². The molecule has 4 nitrogen and oxygen atoms in total. The quantitative estimate of drug-likeness (QED) is 0.572.